The minimum atomic E-state index is -0.399. The lowest BCUT2D eigenvalue weighted by Crippen LogP contribution is -2.13. The summed E-state index contributed by atoms with van der Waals surface area (Å²) in [4.78, 5) is 16.9. The molecular weight excluding hydrogens is 370 g/mol. The molecule has 2 aromatic carbocycles. The van der Waals surface area contributed by atoms with Crippen molar-refractivity contribution in [1.29, 1.82) is 0 Å². The quantitative estimate of drug-likeness (QED) is 0.486. The molecule has 0 saturated carbocycles. The molecule has 4 rings (SSSR count). The van der Waals surface area contributed by atoms with Gasteiger partial charge in [0.1, 0.15) is 0 Å². The summed E-state index contributed by atoms with van der Waals surface area (Å²) in [6.45, 7) is 4.68. The number of hydrogen-bond acceptors (Lipinski definition) is 2. The maximum atomic E-state index is 12.4. The van der Waals surface area contributed by atoms with Crippen molar-refractivity contribution in [3.8, 4) is 22.3 Å². The lowest BCUT2D eigenvalue weighted by atomic mass is 9.96. The molecule has 0 unspecified atom stereocenters. The van der Waals surface area contributed by atoms with E-state index in [-0.39, 0.29) is 0 Å². The third-order valence-electron chi connectivity index (χ3n) is 5.54. The van der Waals surface area contributed by atoms with Crippen LogP contribution in [0.5, 0.6) is 0 Å². The third-order valence-corrected chi connectivity index (χ3v) is 5.54. The van der Waals surface area contributed by atoms with Gasteiger partial charge in [-0.15, -0.1) is 0 Å². The van der Waals surface area contributed by atoms with Crippen molar-refractivity contribution in [3.05, 3.63) is 102 Å². The number of pyridine rings is 1. The average molecular weight is 396 g/mol. The van der Waals surface area contributed by atoms with E-state index in [9.17, 15) is 4.79 Å². The lowest BCUT2D eigenvalue weighted by molar-refractivity contribution is 0.1000. The number of rotatable bonds is 6. The van der Waals surface area contributed by atoms with Gasteiger partial charge in [-0.25, -0.2) is 0 Å². The Hall–Kier alpha value is -3.66. The highest BCUT2D eigenvalue weighted by Crippen LogP contribution is 2.34. The van der Waals surface area contributed by atoms with E-state index in [0.29, 0.717) is 12.1 Å². The van der Waals surface area contributed by atoms with E-state index in [1.165, 1.54) is 5.56 Å². The first-order valence-electron chi connectivity index (χ1n) is 10.2. The third kappa shape index (κ3) is 3.64. The van der Waals surface area contributed by atoms with Gasteiger partial charge in [-0.3, -0.25) is 9.78 Å². The van der Waals surface area contributed by atoms with Gasteiger partial charge in [-0.2, -0.15) is 0 Å². The number of benzene rings is 2. The molecule has 1 amide bonds. The van der Waals surface area contributed by atoms with Crippen molar-refractivity contribution < 1.29 is 4.79 Å². The topological polar surface area (TPSA) is 60.9 Å². The first-order valence-corrected chi connectivity index (χ1v) is 10.2. The molecule has 0 bridgehead atoms. The fourth-order valence-electron chi connectivity index (χ4n) is 4.11. The molecule has 2 aromatic heterocycles. The van der Waals surface area contributed by atoms with Crippen molar-refractivity contribution in [1.82, 2.24) is 9.55 Å². The van der Waals surface area contributed by atoms with E-state index in [0.717, 1.165) is 40.2 Å². The second-order valence-electron chi connectivity index (χ2n) is 7.35. The van der Waals surface area contributed by atoms with Crippen LogP contribution < -0.4 is 5.73 Å². The Bertz CT molecular complexity index is 1160. The number of aromatic nitrogens is 2. The van der Waals surface area contributed by atoms with Crippen LogP contribution >= 0.6 is 0 Å². The standard InChI is InChI=1S/C26H25N3O/c1-3-23-25(21-14-12-20(13-15-21)19-9-5-4-6-10-19)24(26(27)30)18(2)29(23)17-22-11-7-8-16-28-22/h4-16H,3,17H2,1-2H3,(H2,27,30). The smallest absolute Gasteiger partial charge is 0.251 e. The largest absolute Gasteiger partial charge is 0.366 e. The van der Waals surface area contributed by atoms with E-state index in [1.807, 2.05) is 43.3 Å². The SMILES string of the molecule is CCc1c(-c2ccc(-c3ccccc3)cc2)c(C(N)=O)c(C)n1Cc1ccccn1. The molecule has 30 heavy (non-hydrogen) atoms. The summed E-state index contributed by atoms with van der Waals surface area (Å²) in [7, 11) is 0. The van der Waals surface area contributed by atoms with Gasteiger partial charge in [0.25, 0.3) is 5.91 Å². The molecule has 0 saturated heterocycles. The Morgan fingerprint density at radius 1 is 0.900 bits per heavy atom. The predicted octanol–water partition coefficient (Wildman–Crippen LogP) is 5.24. The highest BCUT2D eigenvalue weighted by atomic mass is 16.1. The molecule has 2 N–H and O–H groups in total. The van der Waals surface area contributed by atoms with Crippen molar-refractivity contribution in [3.63, 3.8) is 0 Å². The summed E-state index contributed by atoms with van der Waals surface area (Å²) in [5.41, 5.74) is 13.6. The Kier molecular flexibility index (Phi) is 5.48. The van der Waals surface area contributed by atoms with Gasteiger partial charge >= 0.3 is 0 Å². The van der Waals surface area contributed by atoms with E-state index in [4.69, 9.17) is 5.73 Å². The van der Waals surface area contributed by atoms with Gasteiger partial charge in [0.2, 0.25) is 0 Å². The van der Waals surface area contributed by atoms with Gasteiger partial charge < -0.3 is 10.3 Å². The molecule has 0 atom stereocenters. The molecule has 4 nitrogen and oxygen atoms in total. The van der Waals surface area contributed by atoms with Crippen LogP contribution in [0.3, 0.4) is 0 Å². The van der Waals surface area contributed by atoms with Crippen LogP contribution in [-0.4, -0.2) is 15.5 Å². The van der Waals surface area contributed by atoms with Gasteiger partial charge in [0.15, 0.2) is 0 Å². The van der Waals surface area contributed by atoms with Gasteiger partial charge in [-0.1, -0.05) is 67.6 Å². The first-order chi connectivity index (χ1) is 14.6. The maximum absolute atomic E-state index is 12.4. The predicted molar refractivity (Wildman–Crippen MR) is 121 cm³/mol. The summed E-state index contributed by atoms with van der Waals surface area (Å²) in [5.74, 6) is -0.399. The number of nitrogens with zero attached hydrogens (tertiary/aromatic N) is 2. The molecule has 4 aromatic rings. The van der Waals surface area contributed by atoms with E-state index < -0.39 is 5.91 Å². The number of hydrogen-bond donors (Lipinski definition) is 1. The van der Waals surface area contributed by atoms with Crippen LogP contribution in [0.25, 0.3) is 22.3 Å². The highest BCUT2D eigenvalue weighted by molar-refractivity contribution is 6.02. The molecule has 4 heteroatoms. The minimum Gasteiger partial charge on any atom is -0.366 e. The number of primary amides is 1. The van der Waals surface area contributed by atoms with Crippen molar-refractivity contribution >= 4 is 5.91 Å². The number of carbonyl (C=O) groups excluding carboxylic acids is 1. The lowest BCUT2D eigenvalue weighted by Gasteiger charge is -2.12. The normalized spacial score (nSPS) is 10.9. The van der Waals surface area contributed by atoms with Crippen LogP contribution in [0, 0.1) is 6.92 Å². The van der Waals surface area contributed by atoms with E-state index >= 15 is 0 Å². The van der Waals surface area contributed by atoms with Gasteiger partial charge in [0, 0.05) is 23.1 Å². The molecule has 0 spiro atoms. The zero-order valence-electron chi connectivity index (χ0n) is 17.3. The monoisotopic (exact) mass is 395 g/mol. The molecule has 0 fully saturated rings. The van der Waals surface area contributed by atoms with E-state index in [2.05, 4.69) is 52.9 Å². The molecule has 0 aliphatic rings. The zero-order valence-corrected chi connectivity index (χ0v) is 17.3. The van der Waals surface area contributed by atoms with Crippen LogP contribution in [0.1, 0.15) is 34.4 Å². The first kappa shape index (κ1) is 19.6. The number of carbonyl (C=O) groups is 1. The summed E-state index contributed by atoms with van der Waals surface area (Å²) in [6.07, 6.45) is 2.58. The maximum Gasteiger partial charge on any atom is 0.251 e. The molecule has 150 valence electrons. The fourth-order valence-corrected chi connectivity index (χ4v) is 4.11. The summed E-state index contributed by atoms with van der Waals surface area (Å²) in [5, 5.41) is 0. The van der Waals surface area contributed by atoms with Crippen LogP contribution in [-0.2, 0) is 13.0 Å². The van der Waals surface area contributed by atoms with Crippen molar-refractivity contribution in [2.24, 2.45) is 5.73 Å². The van der Waals surface area contributed by atoms with Crippen molar-refractivity contribution in [2.45, 2.75) is 26.8 Å². The van der Waals surface area contributed by atoms with E-state index in [1.54, 1.807) is 6.20 Å². The molecule has 2 heterocycles. The van der Waals surface area contributed by atoms with Gasteiger partial charge in [-0.05, 0) is 42.2 Å². The molecular formula is C26H25N3O. The molecule has 0 aliphatic carbocycles. The number of nitrogens with two attached hydrogens (primary N) is 1. The molecule has 0 radical (unpaired) electrons. The Morgan fingerprint density at radius 3 is 2.13 bits per heavy atom. The summed E-state index contributed by atoms with van der Waals surface area (Å²) >= 11 is 0. The Balaban J connectivity index is 1.82. The summed E-state index contributed by atoms with van der Waals surface area (Å²) < 4.78 is 2.17. The Morgan fingerprint density at radius 2 is 1.53 bits per heavy atom. The molecule has 0 aliphatic heterocycles. The second-order valence-corrected chi connectivity index (χ2v) is 7.35. The van der Waals surface area contributed by atoms with Gasteiger partial charge in [0.05, 0.1) is 17.8 Å². The average Bonchev–Trinajstić information content (AvgIpc) is 3.06. The summed E-state index contributed by atoms with van der Waals surface area (Å²) in [6, 6.07) is 24.5. The number of amides is 1. The second kappa shape index (κ2) is 8.37. The Labute approximate surface area is 177 Å². The minimum absolute atomic E-state index is 0.399. The van der Waals surface area contributed by atoms with Crippen molar-refractivity contribution in [2.75, 3.05) is 0 Å². The highest BCUT2D eigenvalue weighted by Gasteiger charge is 2.24. The zero-order chi connectivity index (χ0) is 21.1. The van der Waals surface area contributed by atoms with Crippen LogP contribution in [0.4, 0.5) is 0 Å². The van der Waals surface area contributed by atoms with Crippen LogP contribution in [0.15, 0.2) is 79.0 Å². The van der Waals surface area contributed by atoms with Crippen LogP contribution in [0.2, 0.25) is 0 Å². The fraction of sp³-hybridized carbons (Fsp3) is 0.154.